The van der Waals surface area contributed by atoms with Crippen LogP contribution >= 0.6 is 34.8 Å². The molecule has 0 saturated heterocycles. The summed E-state index contributed by atoms with van der Waals surface area (Å²) in [7, 11) is 0. The minimum atomic E-state index is -0.460. The van der Waals surface area contributed by atoms with Gasteiger partial charge in [0.25, 0.3) is 0 Å². The number of nitriles is 1. The Morgan fingerprint density at radius 3 is 2.26 bits per heavy atom. The average Bonchev–Trinajstić information content (AvgIpc) is 3.72. The molecule has 1 atom stereocenters. The Morgan fingerprint density at radius 2 is 1.69 bits per heavy atom. The fourth-order valence-electron chi connectivity index (χ4n) is 4.43. The Balaban J connectivity index is 0.000000235. The van der Waals surface area contributed by atoms with Crippen molar-refractivity contribution in [2.24, 2.45) is 0 Å². The summed E-state index contributed by atoms with van der Waals surface area (Å²) >= 11 is 18.0. The average molecular weight is 630 g/mol. The van der Waals surface area contributed by atoms with Gasteiger partial charge in [0, 0.05) is 42.9 Å². The number of amides is 1. The molecule has 11 heteroatoms. The van der Waals surface area contributed by atoms with Crippen LogP contribution in [0.5, 0.6) is 5.75 Å². The summed E-state index contributed by atoms with van der Waals surface area (Å²) in [5.41, 5.74) is 0.637. The Kier molecular flexibility index (Phi) is 13.2. The summed E-state index contributed by atoms with van der Waals surface area (Å²) in [4.78, 5) is 22.0. The van der Waals surface area contributed by atoms with E-state index in [1.807, 2.05) is 35.9 Å². The molecule has 42 heavy (non-hydrogen) atoms. The molecular weight excluding hydrogens is 595 g/mol. The van der Waals surface area contributed by atoms with Crippen molar-refractivity contribution in [1.29, 1.82) is 5.26 Å². The van der Waals surface area contributed by atoms with E-state index in [9.17, 15) is 10.1 Å². The van der Waals surface area contributed by atoms with Gasteiger partial charge in [0.1, 0.15) is 18.3 Å². The van der Waals surface area contributed by atoms with E-state index in [-0.39, 0.29) is 12.6 Å². The van der Waals surface area contributed by atoms with Crippen LogP contribution in [0, 0.1) is 11.3 Å². The number of ether oxygens (including phenoxy) is 1. The van der Waals surface area contributed by atoms with Gasteiger partial charge in [-0.3, -0.25) is 4.57 Å². The van der Waals surface area contributed by atoms with Gasteiger partial charge in [0.2, 0.25) is 0 Å². The quantitative estimate of drug-likeness (QED) is 0.158. The van der Waals surface area contributed by atoms with Gasteiger partial charge in [-0.15, -0.1) is 0 Å². The van der Waals surface area contributed by atoms with Crippen LogP contribution in [0.15, 0.2) is 79.9 Å². The van der Waals surface area contributed by atoms with Gasteiger partial charge in [0.15, 0.2) is 5.75 Å². The summed E-state index contributed by atoms with van der Waals surface area (Å²) in [6.45, 7) is 6.10. The lowest BCUT2D eigenvalue weighted by molar-refractivity contribution is 0.184. The highest BCUT2D eigenvalue weighted by Gasteiger charge is 2.32. The zero-order chi connectivity index (χ0) is 30.4. The third kappa shape index (κ3) is 9.25. The summed E-state index contributed by atoms with van der Waals surface area (Å²) in [6, 6.07) is 15.6. The van der Waals surface area contributed by atoms with Gasteiger partial charge in [-0.25, -0.2) is 14.8 Å². The van der Waals surface area contributed by atoms with Crippen molar-refractivity contribution in [2.75, 3.05) is 19.7 Å². The highest BCUT2D eigenvalue weighted by atomic mass is 35.5. The largest absolute Gasteiger partial charge is 0.489 e. The van der Waals surface area contributed by atoms with E-state index in [4.69, 9.17) is 39.5 Å². The van der Waals surface area contributed by atoms with Gasteiger partial charge < -0.3 is 14.2 Å². The second-order valence-electron chi connectivity index (χ2n) is 9.69. The molecule has 222 valence electrons. The van der Waals surface area contributed by atoms with Gasteiger partial charge in [-0.2, -0.15) is 5.26 Å². The lowest BCUT2D eigenvalue weighted by Gasteiger charge is -2.27. The normalized spacial score (nSPS) is 12.0. The predicted molar refractivity (Wildman–Crippen MR) is 167 cm³/mol. The Hall–Kier alpha value is -3.51. The maximum absolute atomic E-state index is 12.3. The third-order valence-electron chi connectivity index (χ3n) is 6.57. The van der Waals surface area contributed by atoms with Crippen molar-refractivity contribution in [3.63, 3.8) is 0 Å². The number of hydrogen-bond donors (Lipinski definition) is 0. The molecule has 2 heterocycles. The number of carbonyl (C=O) groups is 1. The number of nitrogens with zero attached hydrogens (tertiary/aromatic N) is 6. The summed E-state index contributed by atoms with van der Waals surface area (Å²) in [5, 5.41) is 10.9. The van der Waals surface area contributed by atoms with Gasteiger partial charge >= 0.3 is 6.03 Å². The molecule has 0 saturated carbocycles. The molecule has 0 N–H and O–H groups in total. The van der Waals surface area contributed by atoms with E-state index < -0.39 is 5.41 Å². The molecule has 2 aromatic heterocycles. The summed E-state index contributed by atoms with van der Waals surface area (Å²) in [5.74, 6) is 0.365. The molecule has 0 spiro atoms. The number of halogens is 3. The topological polar surface area (TPSA) is 89.0 Å². The molecule has 0 fully saturated rings. The Bertz CT molecular complexity index is 1390. The smallest absolute Gasteiger partial charge is 0.329 e. The number of rotatable bonds is 12. The van der Waals surface area contributed by atoms with Crippen molar-refractivity contribution in [3.8, 4) is 11.8 Å². The van der Waals surface area contributed by atoms with E-state index in [1.54, 1.807) is 42.0 Å². The third-order valence-corrected chi connectivity index (χ3v) is 7.35. The lowest BCUT2D eigenvalue weighted by atomic mass is 9.77. The van der Waals surface area contributed by atoms with Crippen LogP contribution in [0.2, 0.25) is 15.1 Å². The van der Waals surface area contributed by atoms with Gasteiger partial charge in [-0.05, 0) is 30.5 Å². The van der Waals surface area contributed by atoms with Crippen LogP contribution in [0.3, 0.4) is 0 Å². The van der Waals surface area contributed by atoms with E-state index >= 15 is 0 Å². The second-order valence-corrected chi connectivity index (χ2v) is 10.9. The van der Waals surface area contributed by atoms with E-state index in [0.717, 1.165) is 31.2 Å². The monoisotopic (exact) mass is 628 g/mol. The fourth-order valence-corrected chi connectivity index (χ4v) is 5.36. The first-order valence-corrected chi connectivity index (χ1v) is 14.9. The fraction of sp³-hybridized carbons (Fsp3) is 0.355. The van der Waals surface area contributed by atoms with Gasteiger partial charge in [0.05, 0.1) is 29.0 Å². The van der Waals surface area contributed by atoms with Crippen molar-refractivity contribution >= 4 is 40.8 Å². The number of imidazole rings is 2. The number of hydrogen-bond acceptors (Lipinski definition) is 5. The van der Waals surface area contributed by atoms with E-state index in [0.29, 0.717) is 40.5 Å². The first-order valence-electron chi connectivity index (χ1n) is 13.8. The van der Waals surface area contributed by atoms with Crippen LogP contribution in [-0.4, -0.2) is 49.7 Å². The maximum Gasteiger partial charge on any atom is 0.329 e. The molecule has 1 amide bonds. The maximum atomic E-state index is 12.3. The summed E-state index contributed by atoms with van der Waals surface area (Å²) < 4.78 is 9.05. The Morgan fingerprint density at radius 1 is 1.00 bits per heavy atom. The number of unbranched alkanes of at least 4 members (excludes halogenated alkanes) is 1. The first kappa shape index (κ1) is 33.0. The standard InChI is InChI=1S/C16H19N3.C15H16Cl3N3O2/c1-2-3-9-16(12-17,13-19-11-10-18-14-19)15-7-5-4-6-8-15;1-2-4-20(15(22)21-5-3-19-10-21)6-7-23-14-12(17)8-11(16)9-13(14)18/h4-8,10-11,14H,2-3,9,13H2,1H3;3,5,8-10H,2,4,6-7H2,1H3. The van der Waals surface area contributed by atoms with Crippen LogP contribution in [-0.2, 0) is 12.0 Å². The highest BCUT2D eigenvalue weighted by Crippen LogP contribution is 2.36. The molecule has 0 aliphatic carbocycles. The molecule has 4 rings (SSSR count). The molecule has 0 bridgehead atoms. The van der Waals surface area contributed by atoms with Crippen molar-refractivity contribution in [2.45, 2.75) is 51.5 Å². The van der Waals surface area contributed by atoms with Crippen LogP contribution in [0.1, 0.15) is 45.1 Å². The Labute approximate surface area is 262 Å². The number of benzene rings is 2. The highest BCUT2D eigenvalue weighted by molar-refractivity contribution is 6.40. The molecule has 1 unspecified atom stereocenters. The zero-order valence-corrected chi connectivity index (χ0v) is 26.1. The van der Waals surface area contributed by atoms with Crippen molar-refractivity contribution in [1.82, 2.24) is 24.0 Å². The molecule has 4 aromatic rings. The minimum absolute atomic E-state index is 0.152. The molecule has 0 aliphatic rings. The number of aromatic nitrogens is 4. The SMILES string of the molecule is CCCCC(C#N)(Cn1ccnc1)c1ccccc1.CCCN(CCOc1c(Cl)cc(Cl)cc1Cl)C(=O)n1ccnc1. The minimum Gasteiger partial charge on any atom is -0.489 e. The van der Waals surface area contributed by atoms with Crippen molar-refractivity contribution in [3.05, 3.63) is 101 Å². The molecule has 0 radical (unpaired) electrons. The predicted octanol–water partition coefficient (Wildman–Crippen LogP) is 8.14. The lowest BCUT2D eigenvalue weighted by Crippen LogP contribution is -2.37. The van der Waals surface area contributed by atoms with Gasteiger partial charge in [-0.1, -0.05) is 91.8 Å². The molecule has 0 aliphatic heterocycles. The van der Waals surface area contributed by atoms with E-state index in [2.05, 4.69) is 35.1 Å². The summed E-state index contributed by atoms with van der Waals surface area (Å²) in [6.07, 6.45) is 14.0. The van der Waals surface area contributed by atoms with Crippen LogP contribution in [0.25, 0.3) is 0 Å². The van der Waals surface area contributed by atoms with E-state index in [1.165, 1.54) is 10.9 Å². The molecule has 8 nitrogen and oxygen atoms in total. The molecule has 2 aromatic carbocycles. The van der Waals surface area contributed by atoms with Crippen LogP contribution < -0.4 is 4.74 Å². The zero-order valence-electron chi connectivity index (χ0n) is 23.8. The first-order chi connectivity index (χ1) is 20.3. The van der Waals surface area contributed by atoms with Crippen LogP contribution in [0.4, 0.5) is 4.79 Å². The molecular formula is C31H35Cl3N6O2. The second kappa shape index (κ2) is 16.8. The number of carbonyl (C=O) groups excluding carboxylic acids is 1. The van der Waals surface area contributed by atoms with Crippen molar-refractivity contribution < 1.29 is 9.53 Å².